The van der Waals surface area contributed by atoms with Gasteiger partial charge in [-0.25, -0.2) is 9.97 Å². The molecule has 0 aliphatic carbocycles. The van der Waals surface area contributed by atoms with Crippen molar-refractivity contribution in [2.45, 2.75) is 32.6 Å². The third-order valence-corrected chi connectivity index (χ3v) is 4.06. The van der Waals surface area contributed by atoms with Crippen molar-refractivity contribution in [3.05, 3.63) is 68.4 Å². The van der Waals surface area contributed by atoms with Gasteiger partial charge in [-0.1, -0.05) is 32.9 Å². The molecule has 8 heteroatoms. The highest BCUT2D eigenvalue weighted by Gasteiger charge is 2.19. The van der Waals surface area contributed by atoms with Gasteiger partial charge in [0.1, 0.15) is 17.2 Å². The van der Waals surface area contributed by atoms with Gasteiger partial charge >= 0.3 is 0 Å². The van der Waals surface area contributed by atoms with E-state index in [9.17, 15) is 14.4 Å². The largest absolute Gasteiger partial charge is 0.351 e. The van der Waals surface area contributed by atoms with Crippen molar-refractivity contribution >= 4 is 16.8 Å². The number of aromatic nitrogens is 4. The predicted octanol–water partition coefficient (Wildman–Crippen LogP) is 1.28. The van der Waals surface area contributed by atoms with Crippen LogP contribution in [-0.4, -0.2) is 32.4 Å². The molecular weight excluding hydrogens is 346 g/mol. The molecule has 0 unspecified atom stereocenters. The Kier molecular flexibility index (Phi) is 4.89. The molecule has 1 aromatic carbocycles. The lowest BCUT2D eigenvalue weighted by Gasteiger charge is -2.16. The van der Waals surface area contributed by atoms with Crippen LogP contribution >= 0.6 is 0 Å². The lowest BCUT2D eigenvalue weighted by atomic mass is 9.96. The van der Waals surface area contributed by atoms with E-state index in [4.69, 9.17) is 0 Å². The van der Waals surface area contributed by atoms with Gasteiger partial charge in [0.05, 0.1) is 10.9 Å². The first kappa shape index (κ1) is 18.5. The van der Waals surface area contributed by atoms with Crippen LogP contribution in [0.2, 0.25) is 0 Å². The molecule has 0 saturated heterocycles. The quantitative estimate of drug-likeness (QED) is 0.641. The summed E-state index contributed by atoms with van der Waals surface area (Å²) in [4.78, 5) is 50.3. The zero-order valence-electron chi connectivity index (χ0n) is 15.4. The number of carbonyl (C=O) groups excluding carboxylic acids is 1. The van der Waals surface area contributed by atoms with Crippen molar-refractivity contribution in [1.82, 2.24) is 25.3 Å². The second kappa shape index (κ2) is 7.14. The number of para-hydroxylation sites is 1. The number of amides is 1. The first-order chi connectivity index (χ1) is 12.8. The smallest absolute Gasteiger partial charge is 0.263 e. The van der Waals surface area contributed by atoms with Crippen molar-refractivity contribution in [2.75, 3.05) is 6.54 Å². The van der Waals surface area contributed by atoms with Crippen LogP contribution in [-0.2, 0) is 11.8 Å². The second-order valence-corrected chi connectivity index (χ2v) is 7.26. The molecule has 0 aliphatic heterocycles. The Balaban J connectivity index is 1.68. The summed E-state index contributed by atoms with van der Waals surface area (Å²) in [5.41, 5.74) is -0.476. The average Bonchev–Trinajstić information content (AvgIpc) is 2.61. The molecule has 8 nitrogen and oxygen atoms in total. The monoisotopic (exact) mass is 367 g/mol. The number of nitrogens with one attached hydrogen (secondary N) is 3. The number of H-pyrrole nitrogens is 2. The van der Waals surface area contributed by atoms with Crippen LogP contribution in [0.4, 0.5) is 0 Å². The molecule has 0 saturated carbocycles. The fourth-order valence-corrected chi connectivity index (χ4v) is 2.58. The standard InChI is InChI=1S/C19H21N5O3/c1-19(2,3)18-21-10-12(17(27)24-18)15(25)20-9-8-14-22-13-7-5-4-6-11(13)16(26)23-14/h4-7,10H,8-9H2,1-3H3,(H,20,25)(H,21,24,27)(H,22,23,26). The Hall–Kier alpha value is -3.29. The molecule has 0 fully saturated rings. The van der Waals surface area contributed by atoms with Gasteiger partial charge in [-0.05, 0) is 12.1 Å². The summed E-state index contributed by atoms with van der Waals surface area (Å²) in [6, 6.07) is 7.04. The molecule has 3 aromatic rings. The highest BCUT2D eigenvalue weighted by molar-refractivity contribution is 5.93. The van der Waals surface area contributed by atoms with Crippen molar-refractivity contribution in [3.8, 4) is 0 Å². The summed E-state index contributed by atoms with van der Waals surface area (Å²) in [6.07, 6.45) is 1.61. The van der Waals surface area contributed by atoms with E-state index >= 15 is 0 Å². The lowest BCUT2D eigenvalue weighted by Crippen LogP contribution is -2.33. The topological polar surface area (TPSA) is 121 Å². The van der Waals surface area contributed by atoms with Crippen LogP contribution in [0, 0.1) is 0 Å². The Labute approximate surface area is 155 Å². The van der Waals surface area contributed by atoms with Crippen LogP contribution in [0.1, 0.15) is 42.8 Å². The molecule has 2 aromatic heterocycles. The van der Waals surface area contributed by atoms with Gasteiger partial charge in [-0.2, -0.15) is 0 Å². The molecule has 140 valence electrons. The van der Waals surface area contributed by atoms with Gasteiger partial charge in [0.25, 0.3) is 17.0 Å². The molecule has 0 spiro atoms. The van der Waals surface area contributed by atoms with Gasteiger partial charge in [0, 0.05) is 24.6 Å². The summed E-state index contributed by atoms with van der Waals surface area (Å²) in [5.74, 6) is 0.462. The fourth-order valence-electron chi connectivity index (χ4n) is 2.58. The Morgan fingerprint density at radius 3 is 2.56 bits per heavy atom. The predicted molar refractivity (Wildman–Crippen MR) is 102 cm³/mol. The molecular formula is C19H21N5O3. The van der Waals surface area contributed by atoms with Crippen molar-refractivity contribution in [2.24, 2.45) is 0 Å². The van der Waals surface area contributed by atoms with Crippen molar-refractivity contribution < 1.29 is 4.79 Å². The zero-order chi connectivity index (χ0) is 19.6. The maximum atomic E-state index is 12.2. The van der Waals surface area contributed by atoms with Crippen molar-refractivity contribution in [3.63, 3.8) is 0 Å². The molecule has 27 heavy (non-hydrogen) atoms. The summed E-state index contributed by atoms with van der Waals surface area (Å²) in [5, 5.41) is 3.17. The first-order valence-electron chi connectivity index (χ1n) is 8.61. The second-order valence-electron chi connectivity index (χ2n) is 7.26. The van der Waals surface area contributed by atoms with Gasteiger partial charge in [-0.3, -0.25) is 14.4 Å². The SMILES string of the molecule is CC(C)(C)c1ncc(C(=O)NCCc2nc3ccccc3c(=O)[nH]2)c(=O)[nH]1. The molecule has 0 bridgehead atoms. The van der Waals surface area contributed by atoms with E-state index < -0.39 is 11.5 Å². The number of aromatic amines is 2. The third kappa shape index (κ3) is 4.11. The lowest BCUT2D eigenvalue weighted by molar-refractivity contribution is 0.0952. The van der Waals surface area contributed by atoms with Gasteiger partial charge in [0.15, 0.2) is 0 Å². The van der Waals surface area contributed by atoms with E-state index in [1.807, 2.05) is 20.8 Å². The van der Waals surface area contributed by atoms with Gasteiger partial charge in [-0.15, -0.1) is 0 Å². The zero-order valence-corrected chi connectivity index (χ0v) is 15.4. The molecule has 3 N–H and O–H groups in total. The molecule has 0 radical (unpaired) electrons. The average molecular weight is 367 g/mol. The highest BCUT2D eigenvalue weighted by atomic mass is 16.2. The Bertz CT molecular complexity index is 1110. The number of nitrogens with zero attached hydrogens (tertiary/aromatic N) is 2. The summed E-state index contributed by atoms with van der Waals surface area (Å²) < 4.78 is 0. The van der Waals surface area contributed by atoms with Crippen LogP contribution in [0.3, 0.4) is 0 Å². The molecule has 0 atom stereocenters. The van der Waals surface area contributed by atoms with E-state index in [1.165, 1.54) is 6.20 Å². The normalized spacial score (nSPS) is 11.5. The van der Waals surface area contributed by atoms with E-state index in [0.29, 0.717) is 29.0 Å². The maximum absolute atomic E-state index is 12.2. The summed E-state index contributed by atoms with van der Waals surface area (Å²) >= 11 is 0. The van der Waals surface area contributed by atoms with Crippen LogP contribution in [0.5, 0.6) is 0 Å². The number of hydrogen-bond donors (Lipinski definition) is 3. The fraction of sp³-hybridized carbons (Fsp3) is 0.316. The Morgan fingerprint density at radius 2 is 1.85 bits per heavy atom. The van der Waals surface area contributed by atoms with E-state index in [1.54, 1.807) is 24.3 Å². The number of rotatable bonds is 4. The molecule has 3 rings (SSSR count). The minimum Gasteiger partial charge on any atom is -0.351 e. The van der Waals surface area contributed by atoms with E-state index in [2.05, 4.69) is 25.3 Å². The minimum absolute atomic E-state index is 0.0528. The highest BCUT2D eigenvalue weighted by Crippen LogP contribution is 2.15. The van der Waals surface area contributed by atoms with Gasteiger partial charge in [0.2, 0.25) is 0 Å². The van der Waals surface area contributed by atoms with Gasteiger partial charge < -0.3 is 15.3 Å². The summed E-state index contributed by atoms with van der Waals surface area (Å²) in [7, 11) is 0. The number of fused-ring (bicyclic) bond motifs is 1. The van der Waals surface area contributed by atoms with Crippen LogP contribution in [0.15, 0.2) is 40.1 Å². The number of benzene rings is 1. The Morgan fingerprint density at radius 1 is 1.11 bits per heavy atom. The molecule has 1 amide bonds. The third-order valence-electron chi connectivity index (χ3n) is 4.06. The van der Waals surface area contributed by atoms with E-state index in [-0.39, 0.29) is 23.1 Å². The van der Waals surface area contributed by atoms with E-state index in [0.717, 1.165) is 0 Å². The van der Waals surface area contributed by atoms with Crippen LogP contribution < -0.4 is 16.4 Å². The van der Waals surface area contributed by atoms with Crippen LogP contribution in [0.25, 0.3) is 10.9 Å². The minimum atomic E-state index is -0.521. The maximum Gasteiger partial charge on any atom is 0.263 e. The van der Waals surface area contributed by atoms with Crippen molar-refractivity contribution in [1.29, 1.82) is 0 Å². The first-order valence-corrected chi connectivity index (χ1v) is 8.61. The molecule has 0 aliphatic rings. The molecule has 2 heterocycles. The number of carbonyl (C=O) groups is 1. The number of hydrogen-bond acceptors (Lipinski definition) is 5. The summed E-state index contributed by atoms with van der Waals surface area (Å²) in [6.45, 7) is 5.98.